The van der Waals surface area contributed by atoms with Gasteiger partial charge in [0.15, 0.2) is 6.61 Å². The summed E-state index contributed by atoms with van der Waals surface area (Å²) in [6.07, 6.45) is 5.44. The van der Waals surface area contributed by atoms with Gasteiger partial charge in [0.25, 0.3) is 5.91 Å². The zero-order valence-corrected chi connectivity index (χ0v) is 15.9. The molecule has 0 aliphatic heterocycles. The molecule has 6 nitrogen and oxygen atoms in total. The molecule has 2 bridgehead atoms. The number of fused-ring (bicyclic) bond motifs is 2. The van der Waals surface area contributed by atoms with E-state index in [1.165, 1.54) is 19.3 Å². The third-order valence-electron chi connectivity index (χ3n) is 5.51. The normalized spacial score (nSPS) is 23.1. The van der Waals surface area contributed by atoms with Crippen molar-refractivity contribution in [3.05, 3.63) is 24.3 Å². The first-order valence-corrected chi connectivity index (χ1v) is 9.92. The van der Waals surface area contributed by atoms with Crippen LogP contribution < -0.4 is 14.8 Å². The van der Waals surface area contributed by atoms with Crippen LogP contribution in [0, 0.1) is 17.8 Å². The molecule has 1 amide bonds. The Morgan fingerprint density at radius 3 is 2.44 bits per heavy atom. The van der Waals surface area contributed by atoms with Crippen molar-refractivity contribution in [3.8, 4) is 11.5 Å². The Labute approximate surface area is 160 Å². The van der Waals surface area contributed by atoms with E-state index >= 15 is 0 Å². The number of rotatable bonds is 10. The predicted molar refractivity (Wildman–Crippen MR) is 101 cm³/mol. The molecule has 148 valence electrons. The van der Waals surface area contributed by atoms with Crippen LogP contribution in [0.15, 0.2) is 24.3 Å². The average molecular weight is 375 g/mol. The van der Waals surface area contributed by atoms with Crippen molar-refractivity contribution in [2.45, 2.75) is 39.0 Å². The molecule has 2 fully saturated rings. The van der Waals surface area contributed by atoms with Crippen LogP contribution in [0.5, 0.6) is 11.5 Å². The van der Waals surface area contributed by atoms with Crippen LogP contribution in [0.1, 0.15) is 39.0 Å². The molecule has 1 N–H and O–H groups in total. The van der Waals surface area contributed by atoms with Gasteiger partial charge >= 0.3 is 5.97 Å². The minimum atomic E-state index is -0.299. The van der Waals surface area contributed by atoms with E-state index in [9.17, 15) is 9.59 Å². The number of benzene rings is 1. The quantitative estimate of drug-likeness (QED) is 0.503. The van der Waals surface area contributed by atoms with Gasteiger partial charge in [-0.25, -0.2) is 0 Å². The molecular weight excluding hydrogens is 346 g/mol. The maximum absolute atomic E-state index is 11.9. The highest BCUT2D eigenvalue weighted by atomic mass is 16.5. The molecule has 2 aliphatic rings. The number of esters is 1. The molecule has 0 aromatic heterocycles. The monoisotopic (exact) mass is 375 g/mol. The number of carbonyl (C=O) groups excluding carboxylic acids is 2. The van der Waals surface area contributed by atoms with Gasteiger partial charge in [0.1, 0.15) is 18.1 Å². The van der Waals surface area contributed by atoms with Gasteiger partial charge in [-0.05, 0) is 68.2 Å². The van der Waals surface area contributed by atoms with Crippen LogP contribution in [0.2, 0.25) is 0 Å². The zero-order chi connectivity index (χ0) is 19.1. The second-order valence-corrected chi connectivity index (χ2v) is 7.40. The van der Waals surface area contributed by atoms with Gasteiger partial charge in [-0.3, -0.25) is 9.59 Å². The van der Waals surface area contributed by atoms with E-state index in [1.807, 2.05) is 31.2 Å². The molecule has 0 saturated heterocycles. The summed E-state index contributed by atoms with van der Waals surface area (Å²) in [7, 11) is 0. The van der Waals surface area contributed by atoms with Gasteiger partial charge in [-0.1, -0.05) is 6.42 Å². The largest absolute Gasteiger partial charge is 0.494 e. The number of ether oxygens (including phenoxy) is 3. The van der Waals surface area contributed by atoms with Crippen molar-refractivity contribution >= 4 is 11.9 Å². The minimum Gasteiger partial charge on any atom is -0.494 e. The highest BCUT2D eigenvalue weighted by Crippen LogP contribution is 2.49. The zero-order valence-electron chi connectivity index (χ0n) is 15.9. The summed E-state index contributed by atoms with van der Waals surface area (Å²) in [6.45, 7) is 3.04. The first-order valence-electron chi connectivity index (χ1n) is 9.92. The number of hydrogen-bond donors (Lipinski definition) is 1. The van der Waals surface area contributed by atoms with Crippen LogP contribution in [0.25, 0.3) is 0 Å². The molecular formula is C21H29NO5. The van der Waals surface area contributed by atoms with Gasteiger partial charge in [-0.2, -0.15) is 0 Å². The Balaban J connectivity index is 1.24. The van der Waals surface area contributed by atoms with Crippen molar-refractivity contribution in [1.29, 1.82) is 0 Å². The van der Waals surface area contributed by atoms with Crippen LogP contribution in [-0.4, -0.2) is 38.2 Å². The van der Waals surface area contributed by atoms with Crippen LogP contribution in [0.3, 0.4) is 0 Å². The lowest BCUT2D eigenvalue weighted by Gasteiger charge is -2.20. The van der Waals surface area contributed by atoms with Gasteiger partial charge in [0.05, 0.1) is 13.2 Å². The lowest BCUT2D eigenvalue weighted by atomic mass is 9.86. The first-order chi connectivity index (χ1) is 13.1. The Morgan fingerprint density at radius 2 is 1.81 bits per heavy atom. The fourth-order valence-corrected chi connectivity index (χ4v) is 4.25. The number of nitrogens with one attached hydrogen (secondary N) is 1. The average Bonchev–Trinajstić information content (AvgIpc) is 3.28. The second kappa shape index (κ2) is 9.62. The summed E-state index contributed by atoms with van der Waals surface area (Å²) < 4.78 is 16.0. The summed E-state index contributed by atoms with van der Waals surface area (Å²) in [4.78, 5) is 23.7. The van der Waals surface area contributed by atoms with E-state index in [-0.39, 0.29) is 18.5 Å². The molecule has 1 aromatic carbocycles. The smallest absolute Gasteiger partial charge is 0.306 e. The van der Waals surface area contributed by atoms with Crippen molar-refractivity contribution in [2.24, 2.45) is 17.8 Å². The topological polar surface area (TPSA) is 73.9 Å². The fraction of sp³-hybridized carbons (Fsp3) is 0.619. The fourth-order valence-electron chi connectivity index (χ4n) is 4.25. The molecule has 3 atom stereocenters. The Kier molecular flexibility index (Phi) is 6.96. The summed E-state index contributed by atoms with van der Waals surface area (Å²) in [5, 5.41) is 2.69. The molecule has 2 saturated carbocycles. The SMILES string of the molecule is CCOc1ccc(OCCNC(=O)COC(=O)CC2CC3CCC2C3)cc1. The van der Waals surface area contributed by atoms with Crippen molar-refractivity contribution in [1.82, 2.24) is 5.32 Å². The van der Waals surface area contributed by atoms with Gasteiger partial charge < -0.3 is 19.5 Å². The number of hydrogen-bond acceptors (Lipinski definition) is 5. The summed E-state index contributed by atoms with van der Waals surface area (Å²) in [6, 6.07) is 7.33. The van der Waals surface area contributed by atoms with E-state index in [2.05, 4.69) is 5.32 Å². The lowest BCUT2D eigenvalue weighted by Crippen LogP contribution is -2.32. The molecule has 0 radical (unpaired) electrons. The van der Waals surface area contributed by atoms with Crippen molar-refractivity contribution < 1.29 is 23.8 Å². The van der Waals surface area contributed by atoms with E-state index in [0.717, 1.165) is 18.1 Å². The maximum atomic E-state index is 11.9. The first kappa shape index (κ1) is 19.5. The molecule has 0 spiro atoms. The molecule has 2 aliphatic carbocycles. The van der Waals surface area contributed by atoms with Crippen LogP contribution in [-0.2, 0) is 14.3 Å². The Morgan fingerprint density at radius 1 is 1.07 bits per heavy atom. The second-order valence-electron chi connectivity index (χ2n) is 7.40. The van der Waals surface area contributed by atoms with Gasteiger partial charge in [0.2, 0.25) is 0 Å². The molecule has 1 aromatic rings. The number of amides is 1. The van der Waals surface area contributed by atoms with E-state index in [0.29, 0.717) is 43.8 Å². The Hall–Kier alpha value is -2.24. The third kappa shape index (κ3) is 5.88. The van der Waals surface area contributed by atoms with E-state index in [1.54, 1.807) is 0 Å². The van der Waals surface area contributed by atoms with Gasteiger partial charge in [-0.15, -0.1) is 0 Å². The van der Waals surface area contributed by atoms with Crippen LogP contribution >= 0.6 is 0 Å². The standard InChI is InChI=1S/C21H29NO5/c1-2-25-18-5-7-19(8-6-18)26-10-9-22-20(23)14-27-21(24)13-17-12-15-3-4-16(17)11-15/h5-8,15-17H,2-4,9-14H2,1H3,(H,22,23). The predicted octanol–water partition coefficient (Wildman–Crippen LogP) is 2.95. The highest BCUT2D eigenvalue weighted by Gasteiger charge is 2.40. The molecule has 3 rings (SSSR count). The Bertz CT molecular complexity index is 630. The molecule has 6 heteroatoms. The molecule has 27 heavy (non-hydrogen) atoms. The van der Waals surface area contributed by atoms with Crippen molar-refractivity contribution in [3.63, 3.8) is 0 Å². The third-order valence-corrected chi connectivity index (χ3v) is 5.51. The number of carbonyl (C=O) groups is 2. The molecule has 0 heterocycles. The summed E-state index contributed by atoms with van der Waals surface area (Å²) >= 11 is 0. The van der Waals surface area contributed by atoms with Gasteiger partial charge in [0, 0.05) is 6.42 Å². The summed E-state index contributed by atoms with van der Waals surface area (Å²) in [5.74, 6) is 2.92. The van der Waals surface area contributed by atoms with Crippen LogP contribution in [0.4, 0.5) is 0 Å². The minimum absolute atomic E-state index is 0.220. The highest BCUT2D eigenvalue weighted by molar-refractivity contribution is 5.80. The molecule has 3 unspecified atom stereocenters. The van der Waals surface area contributed by atoms with Crippen molar-refractivity contribution in [2.75, 3.05) is 26.4 Å². The maximum Gasteiger partial charge on any atom is 0.306 e. The summed E-state index contributed by atoms with van der Waals surface area (Å²) in [5.41, 5.74) is 0. The van der Waals surface area contributed by atoms with E-state index in [4.69, 9.17) is 14.2 Å². The van der Waals surface area contributed by atoms with E-state index < -0.39 is 0 Å². The lowest BCUT2D eigenvalue weighted by molar-refractivity contribution is -0.149.